The molecule has 0 saturated heterocycles. The Hall–Kier alpha value is -3.13. The summed E-state index contributed by atoms with van der Waals surface area (Å²) in [6.45, 7) is 1.48. The average molecular weight is 382 g/mol. The van der Waals surface area contributed by atoms with E-state index in [4.69, 9.17) is 4.74 Å². The molecular formula is C20H26N6O2. The minimum atomic E-state index is -0.281. The standard InChI is InChI=1S/C20H26N6O2/c1-24(20(27)23-17(15-28-3)18-9-10-22-25(18)2)14-19-21-11-12-26(19)13-16-7-5-4-6-8-16/h4-12,17H,13-15H2,1-3H3,(H,23,27)/t17-/m1/s1. The van der Waals surface area contributed by atoms with E-state index in [2.05, 4.69) is 27.5 Å². The van der Waals surface area contributed by atoms with Crippen LogP contribution >= 0.6 is 0 Å². The van der Waals surface area contributed by atoms with Crippen molar-refractivity contribution in [2.24, 2.45) is 7.05 Å². The fourth-order valence-corrected chi connectivity index (χ4v) is 3.05. The second kappa shape index (κ2) is 9.18. The van der Waals surface area contributed by atoms with E-state index in [1.54, 1.807) is 36.1 Å². The van der Waals surface area contributed by atoms with Gasteiger partial charge in [0.15, 0.2) is 0 Å². The molecule has 3 aromatic rings. The van der Waals surface area contributed by atoms with Crippen LogP contribution in [0.1, 0.15) is 23.1 Å². The van der Waals surface area contributed by atoms with E-state index >= 15 is 0 Å². The molecule has 0 aliphatic rings. The first kappa shape index (κ1) is 19.6. The van der Waals surface area contributed by atoms with E-state index in [9.17, 15) is 4.79 Å². The lowest BCUT2D eigenvalue weighted by molar-refractivity contribution is 0.154. The number of methoxy groups -OCH3 is 1. The van der Waals surface area contributed by atoms with E-state index in [1.807, 2.05) is 42.1 Å². The van der Waals surface area contributed by atoms with Crippen LogP contribution in [0, 0.1) is 0 Å². The monoisotopic (exact) mass is 382 g/mol. The van der Waals surface area contributed by atoms with Gasteiger partial charge in [-0.05, 0) is 11.6 Å². The predicted octanol–water partition coefficient (Wildman–Crippen LogP) is 2.19. The zero-order valence-corrected chi connectivity index (χ0v) is 16.4. The lowest BCUT2D eigenvalue weighted by Gasteiger charge is -2.23. The Morgan fingerprint density at radius 2 is 2.04 bits per heavy atom. The fourth-order valence-electron chi connectivity index (χ4n) is 3.05. The van der Waals surface area contributed by atoms with Crippen molar-refractivity contribution in [3.05, 3.63) is 72.1 Å². The van der Waals surface area contributed by atoms with Crippen molar-refractivity contribution in [1.82, 2.24) is 29.5 Å². The van der Waals surface area contributed by atoms with Crippen molar-refractivity contribution in [3.63, 3.8) is 0 Å². The molecule has 0 bridgehead atoms. The molecule has 0 saturated carbocycles. The SMILES string of the molecule is COC[C@@H](NC(=O)N(C)Cc1nccn1Cc1ccccc1)c1ccnn1C. The second-order valence-corrected chi connectivity index (χ2v) is 6.65. The second-order valence-electron chi connectivity index (χ2n) is 6.65. The van der Waals surface area contributed by atoms with Crippen LogP contribution in [0.3, 0.4) is 0 Å². The van der Waals surface area contributed by atoms with E-state index in [1.165, 1.54) is 5.56 Å². The Morgan fingerprint density at radius 1 is 1.25 bits per heavy atom. The van der Waals surface area contributed by atoms with E-state index in [0.717, 1.165) is 11.5 Å². The molecule has 0 radical (unpaired) electrons. The number of aryl methyl sites for hydroxylation is 1. The molecule has 28 heavy (non-hydrogen) atoms. The highest BCUT2D eigenvalue weighted by Gasteiger charge is 2.20. The summed E-state index contributed by atoms with van der Waals surface area (Å²) in [7, 11) is 5.21. The minimum absolute atomic E-state index is 0.197. The third-order valence-electron chi connectivity index (χ3n) is 4.57. The van der Waals surface area contributed by atoms with Gasteiger partial charge in [0.2, 0.25) is 0 Å². The third-order valence-corrected chi connectivity index (χ3v) is 4.57. The Bertz CT molecular complexity index is 889. The van der Waals surface area contributed by atoms with Crippen LogP contribution in [0.4, 0.5) is 4.79 Å². The number of ether oxygens (including phenoxy) is 1. The largest absolute Gasteiger partial charge is 0.382 e. The zero-order valence-electron chi connectivity index (χ0n) is 16.4. The van der Waals surface area contributed by atoms with E-state index in [-0.39, 0.29) is 12.1 Å². The number of hydrogen-bond acceptors (Lipinski definition) is 4. The number of aromatic nitrogens is 4. The number of benzene rings is 1. The molecular weight excluding hydrogens is 356 g/mol. The summed E-state index contributed by atoms with van der Waals surface area (Å²) < 4.78 is 9.05. The molecule has 0 fully saturated rings. The van der Waals surface area contributed by atoms with Gasteiger partial charge >= 0.3 is 6.03 Å². The first-order valence-corrected chi connectivity index (χ1v) is 9.11. The molecule has 0 unspecified atom stereocenters. The van der Waals surface area contributed by atoms with Gasteiger partial charge in [0, 0.05) is 46.3 Å². The summed E-state index contributed by atoms with van der Waals surface area (Å²) in [6, 6.07) is 11.6. The maximum absolute atomic E-state index is 12.7. The molecule has 2 heterocycles. The number of urea groups is 1. The minimum Gasteiger partial charge on any atom is -0.382 e. The summed E-state index contributed by atoms with van der Waals surface area (Å²) >= 11 is 0. The smallest absolute Gasteiger partial charge is 0.318 e. The van der Waals surface area contributed by atoms with Crippen LogP contribution < -0.4 is 5.32 Å². The molecule has 0 aliphatic heterocycles. The summed E-state index contributed by atoms with van der Waals surface area (Å²) in [5, 5.41) is 7.17. The number of hydrogen-bond donors (Lipinski definition) is 1. The van der Waals surface area contributed by atoms with Crippen molar-refractivity contribution < 1.29 is 9.53 Å². The highest BCUT2D eigenvalue weighted by Crippen LogP contribution is 2.13. The number of carbonyl (C=O) groups is 1. The molecule has 1 N–H and O–H groups in total. The summed E-state index contributed by atoms with van der Waals surface area (Å²) in [5.74, 6) is 0.824. The molecule has 8 nitrogen and oxygen atoms in total. The number of carbonyl (C=O) groups excluding carboxylic acids is 1. The Kier molecular flexibility index (Phi) is 6.44. The first-order chi connectivity index (χ1) is 13.6. The molecule has 3 rings (SSSR count). The Balaban J connectivity index is 1.64. The number of imidazole rings is 1. The normalized spacial score (nSPS) is 12.0. The molecule has 2 aromatic heterocycles. The van der Waals surface area contributed by atoms with E-state index in [0.29, 0.717) is 19.7 Å². The number of nitrogens with one attached hydrogen (secondary N) is 1. The van der Waals surface area contributed by atoms with Crippen molar-refractivity contribution >= 4 is 6.03 Å². The lowest BCUT2D eigenvalue weighted by Crippen LogP contribution is -2.41. The predicted molar refractivity (Wildman–Crippen MR) is 106 cm³/mol. The summed E-state index contributed by atoms with van der Waals surface area (Å²) in [5.41, 5.74) is 2.07. The van der Waals surface area contributed by atoms with Gasteiger partial charge in [-0.1, -0.05) is 30.3 Å². The molecule has 148 valence electrons. The van der Waals surface area contributed by atoms with Gasteiger partial charge < -0.3 is 19.5 Å². The average Bonchev–Trinajstić information content (AvgIpc) is 3.31. The molecule has 1 atom stereocenters. The van der Waals surface area contributed by atoms with Gasteiger partial charge in [-0.3, -0.25) is 4.68 Å². The van der Waals surface area contributed by atoms with Crippen molar-refractivity contribution in [3.8, 4) is 0 Å². The van der Waals surface area contributed by atoms with Gasteiger partial charge in [-0.2, -0.15) is 5.10 Å². The van der Waals surface area contributed by atoms with Crippen molar-refractivity contribution in [2.75, 3.05) is 20.8 Å². The van der Waals surface area contributed by atoms with Crippen LogP contribution in [-0.4, -0.2) is 51.0 Å². The van der Waals surface area contributed by atoms with Crippen LogP contribution in [0.25, 0.3) is 0 Å². The van der Waals surface area contributed by atoms with Crippen LogP contribution in [-0.2, 0) is 24.9 Å². The maximum atomic E-state index is 12.7. The van der Waals surface area contributed by atoms with Gasteiger partial charge in [0.1, 0.15) is 5.82 Å². The molecule has 8 heteroatoms. The number of amides is 2. The molecule has 0 spiro atoms. The van der Waals surface area contributed by atoms with Crippen molar-refractivity contribution in [2.45, 2.75) is 19.1 Å². The quantitative estimate of drug-likeness (QED) is 0.648. The fraction of sp³-hybridized carbons (Fsp3) is 0.350. The van der Waals surface area contributed by atoms with Crippen LogP contribution in [0.5, 0.6) is 0 Å². The van der Waals surface area contributed by atoms with Crippen molar-refractivity contribution in [1.29, 1.82) is 0 Å². The first-order valence-electron chi connectivity index (χ1n) is 9.11. The Labute approximate surface area is 164 Å². The zero-order chi connectivity index (χ0) is 19.9. The molecule has 1 aromatic carbocycles. The topological polar surface area (TPSA) is 77.2 Å². The van der Waals surface area contributed by atoms with Gasteiger partial charge in [0.25, 0.3) is 0 Å². The van der Waals surface area contributed by atoms with Crippen LogP contribution in [0.2, 0.25) is 0 Å². The summed E-state index contributed by atoms with van der Waals surface area (Å²) in [6.07, 6.45) is 5.39. The lowest BCUT2D eigenvalue weighted by atomic mass is 10.2. The van der Waals surface area contributed by atoms with Crippen LogP contribution in [0.15, 0.2) is 55.0 Å². The van der Waals surface area contributed by atoms with E-state index < -0.39 is 0 Å². The molecule has 0 aliphatic carbocycles. The molecule has 2 amide bonds. The number of rotatable bonds is 8. The third kappa shape index (κ3) is 4.77. The van der Waals surface area contributed by atoms with Gasteiger partial charge in [0.05, 0.1) is 24.9 Å². The van der Waals surface area contributed by atoms with Gasteiger partial charge in [-0.15, -0.1) is 0 Å². The van der Waals surface area contributed by atoms with Gasteiger partial charge in [-0.25, -0.2) is 9.78 Å². The summed E-state index contributed by atoms with van der Waals surface area (Å²) in [4.78, 5) is 18.8. The maximum Gasteiger partial charge on any atom is 0.318 e. The Morgan fingerprint density at radius 3 is 2.71 bits per heavy atom. The highest BCUT2D eigenvalue weighted by atomic mass is 16.5. The highest BCUT2D eigenvalue weighted by molar-refractivity contribution is 5.74. The number of nitrogens with zero attached hydrogens (tertiary/aromatic N) is 5.